The lowest BCUT2D eigenvalue weighted by Crippen LogP contribution is -2.48. The van der Waals surface area contributed by atoms with E-state index in [1.807, 2.05) is 37.4 Å². The van der Waals surface area contributed by atoms with Gasteiger partial charge in [0.1, 0.15) is 5.82 Å². The van der Waals surface area contributed by atoms with E-state index in [9.17, 15) is 9.59 Å². The molecule has 2 fully saturated rings. The molecule has 3 aromatic rings. The Hall–Kier alpha value is -4.19. The molecule has 12 nitrogen and oxygen atoms in total. The Labute approximate surface area is 208 Å². The monoisotopic (exact) mass is 491 g/mol. The zero-order chi connectivity index (χ0) is 25.1. The SMILES string of the molecule is CN1CCN(C(=O)Nc2ccc3cnc(Nc4ccc(N5CCN(C(=O)O)CC5)cc4)nc3n2)CC1. The summed E-state index contributed by atoms with van der Waals surface area (Å²) in [5.41, 5.74) is 2.34. The van der Waals surface area contributed by atoms with Crippen LogP contribution in [-0.4, -0.2) is 106 Å². The van der Waals surface area contributed by atoms with E-state index >= 15 is 0 Å². The Morgan fingerprint density at radius 1 is 0.861 bits per heavy atom. The van der Waals surface area contributed by atoms with E-state index < -0.39 is 6.09 Å². The van der Waals surface area contributed by atoms with E-state index in [-0.39, 0.29) is 6.03 Å². The second kappa shape index (κ2) is 10.2. The van der Waals surface area contributed by atoms with Gasteiger partial charge in [0.15, 0.2) is 5.65 Å². The molecular weight excluding hydrogens is 462 g/mol. The van der Waals surface area contributed by atoms with Crippen LogP contribution >= 0.6 is 0 Å². The van der Waals surface area contributed by atoms with Gasteiger partial charge >= 0.3 is 12.1 Å². The van der Waals surface area contributed by atoms with E-state index in [1.165, 1.54) is 4.90 Å². The molecular formula is C24H29N9O3. The molecule has 0 aliphatic carbocycles. The maximum atomic E-state index is 12.6. The number of pyridine rings is 1. The van der Waals surface area contributed by atoms with E-state index in [2.05, 4.69) is 35.4 Å². The Bertz CT molecular complexity index is 1240. The van der Waals surface area contributed by atoms with Gasteiger partial charge in [-0.05, 0) is 43.4 Å². The number of anilines is 4. The largest absolute Gasteiger partial charge is 0.465 e. The van der Waals surface area contributed by atoms with Crippen molar-refractivity contribution < 1.29 is 14.7 Å². The van der Waals surface area contributed by atoms with Crippen LogP contribution in [0.15, 0.2) is 42.6 Å². The van der Waals surface area contributed by atoms with Crippen molar-refractivity contribution in [3.05, 3.63) is 42.6 Å². The minimum Gasteiger partial charge on any atom is -0.465 e. The lowest BCUT2D eigenvalue weighted by atomic mass is 10.2. The summed E-state index contributed by atoms with van der Waals surface area (Å²) in [6.45, 7) is 5.37. The quantitative estimate of drug-likeness (QED) is 0.503. The minimum atomic E-state index is -0.872. The summed E-state index contributed by atoms with van der Waals surface area (Å²) in [5, 5.41) is 16.0. The molecule has 2 aromatic heterocycles. The molecule has 0 saturated carbocycles. The Balaban J connectivity index is 1.22. The van der Waals surface area contributed by atoms with Crippen molar-refractivity contribution in [2.24, 2.45) is 0 Å². The molecule has 0 spiro atoms. The second-order valence-corrected chi connectivity index (χ2v) is 8.95. The summed E-state index contributed by atoms with van der Waals surface area (Å²) in [6, 6.07) is 11.3. The van der Waals surface area contributed by atoms with Crippen LogP contribution in [0.2, 0.25) is 0 Å². The first kappa shape index (κ1) is 23.5. The highest BCUT2D eigenvalue weighted by molar-refractivity contribution is 5.90. The molecule has 36 heavy (non-hydrogen) atoms. The van der Waals surface area contributed by atoms with Crippen LogP contribution < -0.4 is 15.5 Å². The number of fused-ring (bicyclic) bond motifs is 1. The van der Waals surface area contributed by atoms with E-state index in [0.29, 0.717) is 56.7 Å². The number of aromatic nitrogens is 3. The van der Waals surface area contributed by atoms with Gasteiger partial charge in [-0.2, -0.15) is 4.98 Å². The first-order chi connectivity index (χ1) is 17.4. The number of nitrogens with zero attached hydrogens (tertiary/aromatic N) is 7. The van der Waals surface area contributed by atoms with Crippen molar-refractivity contribution in [1.29, 1.82) is 0 Å². The average molecular weight is 492 g/mol. The number of rotatable bonds is 4. The van der Waals surface area contributed by atoms with Gasteiger partial charge in [-0.1, -0.05) is 0 Å². The van der Waals surface area contributed by atoms with Gasteiger partial charge in [0.25, 0.3) is 0 Å². The third-order valence-electron chi connectivity index (χ3n) is 6.51. The number of piperazine rings is 2. The van der Waals surface area contributed by atoms with Gasteiger partial charge in [0, 0.05) is 75.3 Å². The van der Waals surface area contributed by atoms with Crippen molar-refractivity contribution in [2.75, 3.05) is 74.9 Å². The zero-order valence-corrected chi connectivity index (χ0v) is 20.1. The summed E-state index contributed by atoms with van der Waals surface area (Å²) in [4.78, 5) is 44.7. The number of hydrogen-bond donors (Lipinski definition) is 3. The second-order valence-electron chi connectivity index (χ2n) is 8.95. The highest BCUT2D eigenvalue weighted by Crippen LogP contribution is 2.22. The molecule has 0 bridgehead atoms. The van der Waals surface area contributed by atoms with Crippen molar-refractivity contribution in [1.82, 2.24) is 29.7 Å². The van der Waals surface area contributed by atoms with Crippen LogP contribution in [-0.2, 0) is 0 Å². The van der Waals surface area contributed by atoms with Gasteiger partial charge in [-0.25, -0.2) is 19.6 Å². The van der Waals surface area contributed by atoms with Crippen molar-refractivity contribution >= 4 is 46.3 Å². The van der Waals surface area contributed by atoms with Crippen LogP contribution in [0.25, 0.3) is 11.0 Å². The molecule has 0 radical (unpaired) electrons. The molecule has 12 heteroatoms. The van der Waals surface area contributed by atoms with Crippen LogP contribution in [0.3, 0.4) is 0 Å². The van der Waals surface area contributed by atoms with E-state index in [1.54, 1.807) is 17.2 Å². The predicted molar refractivity (Wildman–Crippen MR) is 137 cm³/mol. The minimum absolute atomic E-state index is 0.160. The van der Waals surface area contributed by atoms with Crippen molar-refractivity contribution in [3.8, 4) is 0 Å². The molecule has 2 aliphatic rings. The predicted octanol–water partition coefficient (Wildman–Crippen LogP) is 2.35. The van der Waals surface area contributed by atoms with Gasteiger partial charge in [0.05, 0.1) is 0 Å². The topological polar surface area (TPSA) is 130 Å². The van der Waals surface area contributed by atoms with E-state index in [0.717, 1.165) is 29.9 Å². The summed E-state index contributed by atoms with van der Waals surface area (Å²) in [7, 11) is 2.05. The Kier molecular flexibility index (Phi) is 6.67. The normalized spacial score (nSPS) is 16.8. The number of urea groups is 1. The van der Waals surface area contributed by atoms with Gasteiger partial charge in [-0.15, -0.1) is 0 Å². The number of benzene rings is 1. The fraction of sp³-hybridized carbons (Fsp3) is 0.375. The molecule has 5 rings (SSSR count). The number of nitrogens with one attached hydrogen (secondary N) is 2. The fourth-order valence-electron chi connectivity index (χ4n) is 4.28. The summed E-state index contributed by atoms with van der Waals surface area (Å²) >= 11 is 0. The molecule has 3 amide bonds. The Morgan fingerprint density at radius 2 is 1.56 bits per heavy atom. The lowest BCUT2D eigenvalue weighted by Gasteiger charge is -2.34. The molecule has 3 N–H and O–H groups in total. The highest BCUT2D eigenvalue weighted by atomic mass is 16.4. The number of carboxylic acid groups (broad SMARTS) is 1. The summed E-state index contributed by atoms with van der Waals surface area (Å²) < 4.78 is 0. The zero-order valence-electron chi connectivity index (χ0n) is 20.1. The lowest BCUT2D eigenvalue weighted by molar-refractivity contribution is 0.142. The maximum Gasteiger partial charge on any atom is 0.407 e. The molecule has 2 saturated heterocycles. The molecule has 188 valence electrons. The number of hydrogen-bond acceptors (Lipinski definition) is 8. The fourth-order valence-corrected chi connectivity index (χ4v) is 4.28. The molecule has 1 aromatic carbocycles. The first-order valence-corrected chi connectivity index (χ1v) is 11.9. The average Bonchev–Trinajstić information content (AvgIpc) is 2.89. The number of carbonyl (C=O) groups is 2. The first-order valence-electron chi connectivity index (χ1n) is 11.9. The van der Waals surface area contributed by atoms with Crippen LogP contribution in [0.1, 0.15) is 0 Å². The van der Waals surface area contributed by atoms with E-state index in [4.69, 9.17) is 5.11 Å². The number of amides is 3. The van der Waals surface area contributed by atoms with Crippen LogP contribution in [0.4, 0.5) is 32.7 Å². The molecule has 0 unspecified atom stereocenters. The highest BCUT2D eigenvalue weighted by Gasteiger charge is 2.21. The number of carbonyl (C=O) groups excluding carboxylic acids is 1. The standard InChI is InChI=1S/C24H29N9O3/c1-30-8-10-32(11-9-30)23(34)28-20-7-2-17-16-25-22(29-21(17)27-20)26-18-3-5-19(6-4-18)31-12-14-33(15-13-31)24(35)36/h2-7,16H,8-15H2,1H3,(H,35,36)(H2,25,26,27,28,29,34). The Morgan fingerprint density at radius 3 is 2.25 bits per heavy atom. The smallest absolute Gasteiger partial charge is 0.407 e. The van der Waals surface area contributed by atoms with Gasteiger partial charge < -0.3 is 30.0 Å². The summed E-state index contributed by atoms with van der Waals surface area (Å²) in [5.74, 6) is 0.851. The maximum absolute atomic E-state index is 12.6. The van der Waals surface area contributed by atoms with Gasteiger partial charge in [-0.3, -0.25) is 5.32 Å². The van der Waals surface area contributed by atoms with Crippen LogP contribution in [0.5, 0.6) is 0 Å². The third kappa shape index (κ3) is 5.38. The summed E-state index contributed by atoms with van der Waals surface area (Å²) in [6.07, 6.45) is 0.823. The van der Waals surface area contributed by atoms with Crippen molar-refractivity contribution in [2.45, 2.75) is 0 Å². The molecule has 2 aliphatic heterocycles. The van der Waals surface area contributed by atoms with Gasteiger partial charge in [0.2, 0.25) is 5.95 Å². The van der Waals surface area contributed by atoms with Crippen LogP contribution in [0, 0.1) is 0 Å². The molecule has 4 heterocycles. The van der Waals surface area contributed by atoms with Crippen molar-refractivity contribution in [3.63, 3.8) is 0 Å². The third-order valence-corrected chi connectivity index (χ3v) is 6.51. The molecule has 0 atom stereocenters. The number of likely N-dealkylation sites (N-methyl/N-ethyl adjacent to an activating group) is 1.